The highest BCUT2D eigenvalue weighted by Crippen LogP contribution is 2.48. The maximum absolute atomic E-state index is 15.1. The van der Waals surface area contributed by atoms with E-state index in [4.69, 9.17) is 4.84 Å². The van der Waals surface area contributed by atoms with Gasteiger partial charge in [0.05, 0.1) is 24.5 Å². The van der Waals surface area contributed by atoms with Crippen LogP contribution in [0.25, 0.3) is 5.70 Å². The summed E-state index contributed by atoms with van der Waals surface area (Å²) in [4.78, 5) is 22.1. The average molecular weight is 487 g/mol. The Labute approximate surface area is 188 Å². The fourth-order valence-corrected chi connectivity index (χ4v) is 4.04. The number of rotatable bonds is 4. The number of pyridine rings is 1. The summed E-state index contributed by atoms with van der Waals surface area (Å²) in [6, 6.07) is 2.98. The van der Waals surface area contributed by atoms with E-state index in [0.717, 1.165) is 19.0 Å². The number of amides is 1. The van der Waals surface area contributed by atoms with Crippen molar-refractivity contribution < 1.29 is 40.4 Å². The molecule has 2 aliphatic heterocycles. The molecule has 0 radical (unpaired) electrons. The maximum Gasteiger partial charge on any atom is 0.428 e. The largest absolute Gasteiger partial charge is 0.428 e. The molecule has 5 rings (SSSR count). The third-order valence-electron chi connectivity index (χ3n) is 6.16. The van der Waals surface area contributed by atoms with E-state index >= 15 is 4.39 Å². The van der Waals surface area contributed by atoms with Gasteiger partial charge in [-0.05, 0) is 43.2 Å². The van der Waals surface area contributed by atoms with Gasteiger partial charge in [-0.1, -0.05) is 0 Å². The number of carbonyl (C=O) groups excluding carboxylic acids is 1. The third kappa shape index (κ3) is 3.51. The van der Waals surface area contributed by atoms with Crippen molar-refractivity contribution in [1.82, 2.24) is 15.4 Å². The van der Waals surface area contributed by atoms with Crippen LogP contribution >= 0.6 is 0 Å². The topological polar surface area (TPSA) is 54.5 Å². The number of aromatic nitrogens is 1. The van der Waals surface area contributed by atoms with Crippen molar-refractivity contribution in [3.05, 3.63) is 70.8 Å². The molecule has 0 spiro atoms. The number of hydrogen-bond donors (Lipinski definition) is 1. The van der Waals surface area contributed by atoms with Gasteiger partial charge in [-0.15, -0.1) is 0 Å². The van der Waals surface area contributed by atoms with Crippen molar-refractivity contribution in [2.45, 2.75) is 30.3 Å². The number of hydroxylamine groups is 1. The van der Waals surface area contributed by atoms with Gasteiger partial charge in [0.1, 0.15) is 0 Å². The second kappa shape index (κ2) is 7.42. The van der Waals surface area contributed by atoms with Gasteiger partial charge in [-0.2, -0.15) is 13.2 Å². The molecule has 1 saturated heterocycles. The Bertz CT molecular complexity index is 1160. The van der Waals surface area contributed by atoms with E-state index in [1.807, 2.05) is 0 Å². The molecular weight excluding hydrogens is 471 g/mol. The van der Waals surface area contributed by atoms with Crippen LogP contribution < -0.4 is 5.48 Å². The van der Waals surface area contributed by atoms with E-state index in [1.165, 1.54) is 17.0 Å². The number of nitrogens with zero attached hydrogens (tertiary/aromatic N) is 2. The second-order valence-corrected chi connectivity index (χ2v) is 8.62. The molecule has 0 bridgehead atoms. The first-order chi connectivity index (χ1) is 15.9. The van der Waals surface area contributed by atoms with Gasteiger partial charge in [0.2, 0.25) is 11.5 Å². The smallest absolute Gasteiger partial charge is 0.335 e. The van der Waals surface area contributed by atoms with Gasteiger partial charge in [-0.3, -0.25) is 20.1 Å². The molecule has 1 unspecified atom stereocenters. The van der Waals surface area contributed by atoms with Crippen LogP contribution in [-0.2, 0) is 20.9 Å². The monoisotopic (exact) mass is 487 g/mol. The van der Waals surface area contributed by atoms with Gasteiger partial charge in [0.15, 0.2) is 23.1 Å². The Hall–Kier alpha value is -3.15. The summed E-state index contributed by atoms with van der Waals surface area (Å²) >= 11 is 0. The number of alkyl halides is 4. The highest BCUT2D eigenvalue weighted by molar-refractivity contribution is 5.82. The summed E-state index contributed by atoms with van der Waals surface area (Å²) in [5.41, 5.74) is -4.27. The minimum Gasteiger partial charge on any atom is -0.335 e. The van der Waals surface area contributed by atoms with Crippen LogP contribution in [0.4, 0.5) is 30.7 Å². The maximum atomic E-state index is 15.1. The Morgan fingerprint density at radius 3 is 2.29 bits per heavy atom. The van der Waals surface area contributed by atoms with Crippen molar-refractivity contribution in [3.63, 3.8) is 0 Å². The van der Waals surface area contributed by atoms with Gasteiger partial charge < -0.3 is 4.90 Å². The molecule has 2 fully saturated rings. The molecule has 1 aromatic heterocycles. The molecule has 180 valence electrons. The minimum absolute atomic E-state index is 0.0142. The molecule has 1 aliphatic carbocycles. The lowest BCUT2D eigenvalue weighted by Crippen LogP contribution is -2.59. The summed E-state index contributed by atoms with van der Waals surface area (Å²) in [6.45, 7) is -0.310. The Balaban J connectivity index is 1.41. The first-order valence-corrected chi connectivity index (χ1v) is 10.3. The molecule has 1 atom stereocenters. The molecule has 3 aliphatic rings. The van der Waals surface area contributed by atoms with Crippen molar-refractivity contribution in [1.29, 1.82) is 0 Å². The number of carbonyl (C=O) groups is 1. The quantitative estimate of drug-likeness (QED) is 0.518. The molecule has 12 heteroatoms. The minimum atomic E-state index is -5.18. The van der Waals surface area contributed by atoms with Gasteiger partial charge >= 0.3 is 6.18 Å². The molecule has 2 aromatic rings. The summed E-state index contributed by atoms with van der Waals surface area (Å²) in [7, 11) is 0. The SMILES string of the molecule is O=C(C1CC1)N1CC(F)(c2ccc(C3=CC(c4cc(F)c(F)c(F)c4)(C(F)(F)F)ON3)cn2)C1. The predicted octanol–water partition coefficient (Wildman–Crippen LogP) is 4.25. The molecule has 1 amide bonds. The molecule has 1 N–H and O–H groups in total. The number of nitrogens with one attached hydrogen (secondary N) is 1. The zero-order valence-electron chi connectivity index (χ0n) is 17.2. The van der Waals surface area contributed by atoms with Crippen LogP contribution in [0.3, 0.4) is 0 Å². The Morgan fingerprint density at radius 2 is 1.76 bits per heavy atom. The van der Waals surface area contributed by atoms with Crippen LogP contribution in [0.1, 0.15) is 29.7 Å². The van der Waals surface area contributed by atoms with E-state index in [2.05, 4.69) is 10.5 Å². The number of halogens is 7. The van der Waals surface area contributed by atoms with Crippen LogP contribution in [0, 0.1) is 23.4 Å². The second-order valence-electron chi connectivity index (χ2n) is 8.62. The molecule has 1 saturated carbocycles. The van der Waals surface area contributed by atoms with E-state index in [9.17, 15) is 31.1 Å². The van der Waals surface area contributed by atoms with Crippen LogP contribution in [0.2, 0.25) is 0 Å². The summed E-state index contributed by atoms with van der Waals surface area (Å²) in [5, 5.41) is 0. The molecule has 34 heavy (non-hydrogen) atoms. The van der Waals surface area contributed by atoms with Gasteiger partial charge in [-0.25, -0.2) is 17.6 Å². The lowest BCUT2D eigenvalue weighted by atomic mass is 9.90. The van der Waals surface area contributed by atoms with Crippen molar-refractivity contribution in [2.24, 2.45) is 5.92 Å². The molecule has 1 aromatic carbocycles. The van der Waals surface area contributed by atoms with E-state index < -0.39 is 40.5 Å². The summed E-state index contributed by atoms with van der Waals surface area (Å²) in [6.07, 6.45) is -1.94. The number of likely N-dealkylation sites (tertiary alicyclic amines) is 1. The molecule has 5 nitrogen and oxygen atoms in total. The zero-order valence-corrected chi connectivity index (χ0v) is 17.2. The average Bonchev–Trinajstić information content (AvgIpc) is 3.51. The summed E-state index contributed by atoms with van der Waals surface area (Å²) < 4.78 is 97.5. The highest BCUT2D eigenvalue weighted by atomic mass is 19.4. The molecular formula is C22H16F7N3O2. The Morgan fingerprint density at radius 1 is 1.12 bits per heavy atom. The normalized spacial score (nSPS) is 23.9. The zero-order chi connectivity index (χ0) is 24.5. The van der Waals surface area contributed by atoms with Gasteiger partial charge in [0.25, 0.3) is 0 Å². The fraction of sp³-hybridized carbons (Fsp3) is 0.364. The van der Waals surface area contributed by atoms with Crippen LogP contribution in [0.15, 0.2) is 36.5 Å². The van der Waals surface area contributed by atoms with E-state index in [-0.39, 0.29) is 54.0 Å². The lowest BCUT2D eigenvalue weighted by molar-refractivity contribution is -0.269. The first kappa shape index (κ1) is 22.6. The highest BCUT2D eigenvalue weighted by Gasteiger charge is 2.60. The van der Waals surface area contributed by atoms with Crippen LogP contribution in [-0.4, -0.2) is 35.1 Å². The third-order valence-corrected chi connectivity index (χ3v) is 6.16. The van der Waals surface area contributed by atoms with Crippen molar-refractivity contribution in [3.8, 4) is 0 Å². The number of hydrogen-bond acceptors (Lipinski definition) is 4. The van der Waals surface area contributed by atoms with Crippen LogP contribution in [0.5, 0.6) is 0 Å². The van der Waals surface area contributed by atoms with Crippen molar-refractivity contribution >= 4 is 11.6 Å². The lowest BCUT2D eigenvalue weighted by Gasteiger charge is -2.44. The van der Waals surface area contributed by atoms with Crippen molar-refractivity contribution in [2.75, 3.05) is 13.1 Å². The number of benzene rings is 1. The predicted molar refractivity (Wildman–Crippen MR) is 103 cm³/mol. The molecule has 3 heterocycles. The summed E-state index contributed by atoms with van der Waals surface area (Å²) in [5.74, 6) is -5.67. The van der Waals surface area contributed by atoms with E-state index in [0.29, 0.717) is 6.08 Å². The Kier molecular flexibility index (Phi) is 4.94. The van der Waals surface area contributed by atoms with E-state index in [1.54, 1.807) is 0 Å². The first-order valence-electron chi connectivity index (χ1n) is 10.3. The van der Waals surface area contributed by atoms with Gasteiger partial charge in [0, 0.05) is 23.2 Å². The fourth-order valence-electron chi connectivity index (χ4n) is 4.04. The standard InChI is InChI=1S/C22H16F7N3O2/c23-14-5-13(6-15(24)18(14)25)21(22(27,28)29)7-16(31-34-21)12-3-4-17(30-8-12)20(26)9-32(10-20)19(33)11-1-2-11/h3-8,11,31H,1-2,9-10H2.